The van der Waals surface area contributed by atoms with Crippen LogP contribution in [0.15, 0.2) is 77.6 Å². The molecule has 0 bridgehead atoms. The summed E-state index contributed by atoms with van der Waals surface area (Å²) < 4.78 is 1.27. The van der Waals surface area contributed by atoms with E-state index in [2.05, 4.69) is 16.0 Å². The van der Waals surface area contributed by atoms with Gasteiger partial charge in [0.15, 0.2) is 5.69 Å². The molecule has 0 atom stereocenters. The number of nitrogens with one attached hydrogen (secondary N) is 2. The summed E-state index contributed by atoms with van der Waals surface area (Å²) in [6.45, 7) is 0.228. The maximum Gasteiger partial charge on any atom is 0.290 e. The minimum atomic E-state index is -0.595. The van der Waals surface area contributed by atoms with E-state index in [-0.39, 0.29) is 17.8 Å². The summed E-state index contributed by atoms with van der Waals surface area (Å²) in [4.78, 5) is 38.5. The lowest BCUT2D eigenvalue weighted by atomic mass is 10.1. The predicted molar refractivity (Wildman–Crippen MR) is 125 cm³/mol. The summed E-state index contributed by atoms with van der Waals surface area (Å²) >= 11 is 0. The number of aromatic nitrogens is 2. The van der Waals surface area contributed by atoms with Crippen LogP contribution < -0.4 is 16.4 Å². The molecule has 7 heteroatoms. The molecule has 2 N–H and O–H groups in total. The van der Waals surface area contributed by atoms with Gasteiger partial charge in [-0.15, -0.1) is 0 Å². The summed E-state index contributed by atoms with van der Waals surface area (Å²) in [5.74, 6) is -0.998. The van der Waals surface area contributed by atoms with Crippen molar-refractivity contribution in [2.45, 2.75) is 25.8 Å². The van der Waals surface area contributed by atoms with Gasteiger partial charge in [0.05, 0.1) is 11.9 Å². The van der Waals surface area contributed by atoms with Crippen LogP contribution in [0.25, 0.3) is 10.8 Å². The second kappa shape index (κ2) is 8.70. The van der Waals surface area contributed by atoms with Crippen LogP contribution >= 0.6 is 0 Å². The highest BCUT2D eigenvalue weighted by Gasteiger charge is 2.19. The summed E-state index contributed by atoms with van der Waals surface area (Å²) in [6, 6.07) is 21.9. The Labute approximate surface area is 190 Å². The molecule has 0 radical (unpaired) electrons. The Morgan fingerprint density at radius 2 is 1.52 bits per heavy atom. The SMILES string of the molecule is O=C(NNC(=O)c1nn(Cc2ccccc2)c(=O)c2ccccc12)c1ccc2c(c1)CCC2. The minimum absolute atomic E-state index is 0.0652. The summed E-state index contributed by atoms with van der Waals surface area (Å²) in [5.41, 5.74) is 8.53. The number of benzene rings is 3. The molecule has 1 aliphatic carbocycles. The fourth-order valence-electron chi connectivity index (χ4n) is 4.22. The second-order valence-corrected chi connectivity index (χ2v) is 8.09. The molecule has 3 aromatic carbocycles. The van der Waals surface area contributed by atoms with Crippen molar-refractivity contribution >= 4 is 22.6 Å². The van der Waals surface area contributed by atoms with E-state index in [9.17, 15) is 14.4 Å². The van der Waals surface area contributed by atoms with Crippen molar-refractivity contribution in [3.63, 3.8) is 0 Å². The highest BCUT2D eigenvalue weighted by Crippen LogP contribution is 2.22. The fraction of sp³-hybridized carbons (Fsp3) is 0.154. The van der Waals surface area contributed by atoms with E-state index in [0.717, 1.165) is 24.8 Å². The van der Waals surface area contributed by atoms with Gasteiger partial charge in [0.25, 0.3) is 17.4 Å². The molecule has 1 heterocycles. The number of fused-ring (bicyclic) bond motifs is 2. The van der Waals surface area contributed by atoms with Gasteiger partial charge in [0.1, 0.15) is 0 Å². The molecule has 164 valence electrons. The maximum absolute atomic E-state index is 13.0. The smallest absolute Gasteiger partial charge is 0.267 e. The Bertz CT molecular complexity index is 1430. The molecule has 1 aliphatic rings. The normalized spacial score (nSPS) is 12.4. The highest BCUT2D eigenvalue weighted by atomic mass is 16.2. The summed E-state index contributed by atoms with van der Waals surface area (Å²) in [7, 11) is 0. The van der Waals surface area contributed by atoms with Crippen molar-refractivity contribution in [1.82, 2.24) is 20.6 Å². The van der Waals surface area contributed by atoms with Gasteiger partial charge in [-0.25, -0.2) is 4.68 Å². The molecule has 0 unspecified atom stereocenters. The van der Waals surface area contributed by atoms with Crippen molar-refractivity contribution in [2.24, 2.45) is 0 Å². The van der Waals surface area contributed by atoms with E-state index in [4.69, 9.17) is 0 Å². The van der Waals surface area contributed by atoms with E-state index in [1.807, 2.05) is 42.5 Å². The average molecular weight is 438 g/mol. The van der Waals surface area contributed by atoms with Gasteiger partial charge < -0.3 is 0 Å². The third-order valence-electron chi connectivity index (χ3n) is 5.91. The van der Waals surface area contributed by atoms with E-state index < -0.39 is 11.8 Å². The lowest BCUT2D eigenvalue weighted by Crippen LogP contribution is -2.42. The Morgan fingerprint density at radius 1 is 0.818 bits per heavy atom. The van der Waals surface area contributed by atoms with Crippen LogP contribution in [0.1, 0.15) is 44.0 Å². The first-order valence-corrected chi connectivity index (χ1v) is 10.9. The number of aryl methyl sites for hydroxylation is 2. The van der Waals surface area contributed by atoms with Gasteiger partial charge in [0, 0.05) is 10.9 Å². The number of nitrogens with zero attached hydrogens (tertiary/aromatic N) is 2. The number of carbonyl (C=O) groups is 2. The van der Waals surface area contributed by atoms with Crippen molar-refractivity contribution in [2.75, 3.05) is 0 Å². The monoisotopic (exact) mass is 438 g/mol. The van der Waals surface area contributed by atoms with Gasteiger partial charge >= 0.3 is 0 Å². The molecule has 4 aromatic rings. The predicted octanol–water partition coefficient (Wildman–Crippen LogP) is 3.01. The maximum atomic E-state index is 13.0. The lowest BCUT2D eigenvalue weighted by molar-refractivity contribution is 0.0843. The molecule has 0 saturated heterocycles. The number of hydrogen-bond donors (Lipinski definition) is 2. The first-order valence-electron chi connectivity index (χ1n) is 10.9. The third-order valence-corrected chi connectivity index (χ3v) is 5.91. The van der Waals surface area contributed by atoms with Crippen LogP contribution in [-0.4, -0.2) is 21.6 Å². The van der Waals surface area contributed by atoms with Crippen molar-refractivity contribution in [1.29, 1.82) is 0 Å². The highest BCUT2D eigenvalue weighted by molar-refractivity contribution is 6.06. The topological polar surface area (TPSA) is 93.1 Å². The zero-order valence-corrected chi connectivity index (χ0v) is 17.9. The van der Waals surface area contributed by atoms with Crippen LogP contribution in [0.4, 0.5) is 0 Å². The Kier molecular flexibility index (Phi) is 5.44. The van der Waals surface area contributed by atoms with Crippen LogP contribution in [-0.2, 0) is 19.4 Å². The van der Waals surface area contributed by atoms with Crippen LogP contribution in [0.3, 0.4) is 0 Å². The molecule has 2 amide bonds. The van der Waals surface area contributed by atoms with Gasteiger partial charge in [0.2, 0.25) is 0 Å². The van der Waals surface area contributed by atoms with Crippen molar-refractivity contribution in [3.8, 4) is 0 Å². The zero-order valence-electron chi connectivity index (χ0n) is 17.9. The minimum Gasteiger partial charge on any atom is -0.267 e. The van der Waals surface area contributed by atoms with E-state index in [1.54, 1.807) is 30.3 Å². The first kappa shape index (κ1) is 20.6. The summed E-state index contributed by atoms with van der Waals surface area (Å²) in [5, 5.41) is 5.15. The number of carbonyl (C=O) groups excluding carboxylic acids is 2. The lowest BCUT2D eigenvalue weighted by Gasteiger charge is -2.12. The van der Waals surface area contributed by atoms with Crippen LogP contribution in [0.2, 0.25) is 0 Å². The number of amides is 2. The molecule has 0 aliphatic heterocycles. The van der Waals surface area contributed by atoms with Gasteiger partial charge in [-0.05, 0) is 54.2 Å². The molecule has 7 nitrogen and oxygen atoms in total. The van der Waals surface area contributed by atoms with E-state index >= 15 is 0 Å². The molecular formula is C26H22N4O3. The van der Waals surface area contributed by atoms with Crippen molar-refractivity contribution < 1.29 is 9.59 Å². The standard InChI is InChI=1S/C26H22N4O3/c31-24(20-14-13-18-9-6-10-19(18)15-20)27-28-25(32)23-21-11-4-5-12-22(21)26(33)30(29-23)16-17-7-2-1-3-8-17/h1-5,7-8,11-15H,6,9-10,16H2,(H,27,31)(H,28,32). The molecule has 0 fully saturated rings. The largest absolute Gasteiger partial charge is 0.290 e. The van der Waals surface area contributed by atoms with E-state index in [1.165, 1.54) is 15.8 Å². The summed E-state index contributed by atoms with van der Waals surface area (Å²) in [6.07, 6.45) is 3.08. The van der Waals surface area contributed by atoms with Crippen molar-refractivity contribution in [3.05, 3.63) is 111 Å². The quantitative estimate of drug-likeness (QED) is 0.479. The second-order valence-electron chi connectivity index (χ2n) is 8.09. The molecule has 1 aromatic heterocycles. The number of hydrazine groups is 1. The third kappa shape index (κ3) is 4.13. The molecule has 33 heavy (non-hydrogen) atoms. The first-order chi connectivity index (χ1) is 16.1. The fourth-order valence-corrected chi connectivity index (χ4v) is 4.22. The van der Waals surface area contributed by atoms with Gasteiger partial charge in [-0.1, -0.05) is 54.6 Å². The molecule has 5 rings (SSSR count). The Morgan fingerprint density at radius 3 is 2.33 bits per heavy atom. The van der Waals surface area contributed by atoms with Gasteiger partial charge in [-0.2, -0.15) is 5.10 Å². The molecule has 0 spiro atoms. The Balaban J connectivity index is 1.41. The average Bonchev–Trinajstić information content (AvgIpc) is 3.33. The number of hydrogen-bond acceptors (Lipinski definition) is 4. The van der Waals surface area contributed by atoms with Crippen LogP contribution in [0.5, 0.6) is 0 Å². The van der Waals surface area contributed by atoms with E-state index in [0.29, 0.717) is 16.3 Å². The molecule has 0 saturated carbocycles. The van der Waals surface area contributed by atoms with Gasteiger partial charge in [-0.3, -0.25) is 25.2 Å². The number of rotatable bonds is 4. The van der Waals surface area contributed by atoms with Crippen LogP contribution in [0, 0.1) is 0 Å². The molecular weight excluding hydrogens is 416 g/mol. The zero-order chi connectivity index (χ0) is 22.8. The Hall–Kier alpha value is -4.26.